The highest BCUT2D eigenvalue weighted by molar-refractivity contribution is 7.19. The van der Waals surface area contributed by atoms with Crippen molar-refractivity contribution in [3.8, 4) is 0 Å². The molecule has 0 saturated carbocycles. The van der Waals surface area contributed by atoms with Crippen LogP contribution in [-0.4, -0.2) is 21.5 Å². The summed E-state index contributed by atoms with van der Waals surface area (Å²) < 4.78 is 1.74. The van der Waals surface area contributed by atoms with Crippen LogP contribution in [0.2, 0.25) is 0 Å². The van der Waals surface area contributed by atoms with Crippen molar-refractivity contribution in [3.63, 3.8) is 0 Å². The van der Waals surface area contributed by atoms with Gasteiger partial charge < -0.3 is 0 Å². The van der Waals surface area contributed by atoms with E-state index in [4.69, 9.17) is 0 Å². The molecular weight excluding hydrogens is 212 g/mol. The zero-order valence-corrected chi connectivity index (χ0v) is 9.51. The molecule has 0 unspecified atom stereocenters. The van der Waals surface area contributed by atoms with Crippen LogP contribution in [0.4, 0.5) is 0 Å². The number of fused-ring (bicyclic) bond motifs is 1. The first kappa shape index (κ1) is 10.0. The zero-order valence-electron chi connectivity index (χ0n) is 8.70. The number of rotatable bonds is 2. The van der Waals surface area contributed by atoms with Crippen molar-refractivity contribution in [3.05, 3.63) is 22.0 Å². The van der Waals surface area contributed by atoms with Crippen LogP contribution in [0, 0.1) is 13.8 Å². The van der Waals surface area contributed by atoms with Gasteiger partial charge in [-0.1, -0.05) is 11.3 Å². The lowest BCUT2D eigenvalue weighted by atomic mass is 10.3. The zero-order chi connectivity index (χ0) is 11.2. The third kappa shape index (κ3) is 1.31. The third-order valence-corrected chi connectivity index (χ3v) is 3.60. The summed E-state index contributed by atoms with van der Waals surface area (Å²) in [5.74, 6) is 0.0116. The molecule has 2 aromatic heterocycles. The Bertz CT molecular complexity index is 565. The normalized spacial score (nSPS) is 10.9. The van der Waals surface area contributed by atoms with Gasteiger partial charge in [0.05, 0.1) is 10.6 Å². The number of carbonyl (C=O) groups excluding carboxylic acids is 2. The second kappa shape index (κ2) is 3.27. The number of nitrogens with zero attached hydrogens (tertiary/aromatic N) is 2. The van der Waals surface area contributed by atoms with Gasteiger partial charge in [0.25, 0.3) is 0 Å². The fraction of sp³-hybridized carbons (Fsp3) is 0.300. The maximum Gasteiger partial charge on any atom is 0.195 e. The number of ketones is 1. The van der Waals surface area contributed by atoms with E-state index in [-0.39, 0.29) is 5.78 Å². The van der Waals surface area contributed by atoms with E-state index in [1.165, 1.54) is 18.3 Å². The molecule has 0 saturated heterocycles. The summed E-state index contributed by atoms with van der Waals surface area (Å²) in [6.45, 7) is 5.14. The highest BCUT2D eigenvalue weighted by atomic mass is 32.1. The van der Waals surface area contributed by atoms with E-state index in [0.717, 1.165) is 12.0 Å². The van der Waals surface area contributed by atoms with E-state index >= 15 is 0 Å². The number of carbonyl (C=O) groups is 2. The van der Waals surface area contributed by atoms with Gasteiger partial charge in [-0.3, -0.25) is 14.0 Å². The Kier molecular flexibility index (Phi) is 2.19. The van der Waals surface area contributed by atoms with Gasteiger partial charge in [0.2, 0.25) is 0 Å². The Labute approximate surface area is 90.6 Å². The number of hydrogen-bond acceptors (Lipinski definition) is 4. The van der Waals surface area contributed by atoms with Crippen molar-refractivity contribution >= 4 is 28.4 Å². The monoisotopic (exact) mass is 222 g/mol. The van der Waals surface area contributed by atoms with E-state index in [9.17, 15) is 9.59 Å². The highest BCUT2D eigenvalue weighted by Gasteiger charge is 2.17. The first-order valence-corrected chi connectivity index (χ1v) is 5.32. The van der Waals surface area contributed by atoms with E-state index in [2.05, 4.69) is 4.98 Å². The first-order chi connectivity index (χ1) is 7.06. The lowest BCUT2D eigenvalue weighted by molar-refractivity contribution is 0.101. The van der Waals surface area contributed by atoms with Gasteiger partial charge >= 0.3 is 0 Å². The van der Waals surface area contributed by atoms with Gasteiger partial charge in [-0.15, -0.1) is 0 Å². The molecule has 0 atom stereocenters. The van der Waals surface area contributed by atoms with Crippen molar-refractivity contribution in [2.24, 2.45) is 0 Å². The summed E-state index contributed by atoms with van der Waals surface area (Å²) >= 11 is 1.33. The average Bonchev–Trinajstić information content (AvgIpc) is 2.63. The number of Topliss-reactive ketones (excluding diaryl/α,β-unsaturated/α-hetero) is 1. The van der Waals surface area contributed by atoms with E-state index in [1.54, 1.807) is 11.3 Å². The van der Waals surface area contributed by atoms with Crippen LogP contribution in [0.3, 0.4) is 0 Å². The van der Waals surface area contributed by atoms with Gasteiger partial charge in [0, 0.05) is 12.6 Å². The molecule has 2 heterocycles. The summed E-state index contributed by atoms with van der Waals surface area (Å²) in [7, 11) is 0. The van der Waals surface area contributed by atoms with Crippen LogP contribution in [0.1, 0.15) is 38.5 Å². The largest absolute Gasteiger partial charge is 0.296 e. The Morgan fingerprint density at radius 2 is 2.13 bits per heavy atom. The van der Waals surface area contributed by atoms with Gasteiger partial charge in [-0.2, -0.15) is 0 Å². The third-order valence-electron chi connectivity index (χ3n) is 2.35. The fourth-order valence-electron chi connectivity index (χ4n) is 1.64. The van der Waals surface area contributed by atoms with Crippen LogP contribution in [0.5, 0.6) is 0 Å². The number of imidazole rings is 1. The van der Waals surface area contributed by atoms with Gasteiger partial charge in [0.15, 0.2) is 17.0 Å². The van der Waals surface area contributed by atoms with Crippen LogP contribution >= 0.6 is 11.3 Å². The molecule has 0 spiro atoms. The number of aryl methyl sites for hydroxylation is 2. The standard InChI is InChI=1S/C10H10N2O2S/c1-5-8(4-13)12-6(2)9(7(3)14)15-10(12)11-5/h4H,1-3H3. The molecule has 0 bridgehead atoms. The van der Waals surface area contributed by atoms with Crippen molar-refractivity contribution in [2.45, 2.75) is 20.8 Å². The second-order valence-corrected chi connectivity index (χ2v) is 4.37. The number of aldehydes is 1. The van der Waals surface area contributed by atoms with Crippen molar-refractivity contribution in [2.75, 3.05) is 0 Å². The molecule has 0 radical (unpaired) electrons. The second-order valence-electron chi connectivity index (χ2n) is 3.39. The van der Waals surface area contributed by atoms with Gasteiger partial charge in [-0.05, 0) is 13.8 Å². The highest BCUT2D eigenvalue weighted by Crippen LogP contribution is 2.25. The van der Waals surface area contributed by atoms with Crippen molar-refractivity contribution in [1.29, 1.82) is 0 Å². The van der Waals surface area contributed by atoms with Crippen molar-refractivity contribution < 1.29 is 9.59 Å². The van der Waals surface area contributed by atoms with Crippen LogP contribution in [0.25, 0.3) is 4.96 Å². The minimum atomic E-state index is 0.0116. The maximum absolute atomic E-state index is 11.3. The molecule has 15 heavy (non-hydrogen) atoms. The molecule has 4 nitrogen and oxygen atoms in total. The first-order valence-electron chi connectivity index (χ1n) is 4.50. The molecular formula is C10H10N2O2S. The predicted molar refractivity (Wildman–Crippen MR) is 57.9 cm³/mol. The minimum Gasteiger partial charge on any atom is -0.296 e. The summed E-state index contributed by atoms with van der Waals surface area (Å²) in [5, 5.41) is 0. The molecule has 0 aliphatic rings. The molecule has 0 fully saturated rings. The molecule has 0 amide bonds. The molecule has 5 heteroatoms. The summed E-state index contributed by atoms with van der Waals surface area (Å²) in [6.07, 6.45) is 0.777. The van der Waals surface area contributed by atoms with E-state index < -0.39 is 0 Å². The summed E-state index contributed by atoms with van der Waals surface area (Å²) in [5.41, 5.74) is 2.03. The molecule has 78 valence electrons. The SMILES string of the molecule is CC(=O)c1sc2nc(C)c(C=O)n2c1C. The lowest BCUT2D eigenvalue weighted by Crippen LogP contribution is -1.97. The molecule has 0 aliphatic heterocycles. The number of aromatic nitrogens is 2. The molecule has 2 aromatic rings. The summed E-state index contributed by atoms with van der Waals surface area (Å²) in [6, 6.07) is 0. The summed E-state index contributed by atoms with van der Waals surface area (Å²) in [4.78, 5) is 27.8. The lowest BCUT2D eigenvalue weighted by Gasteiger charge is -1.95. The number of hydrogen-bond donors (Lipinski definition) is 0. The predicted octanol–water partition coefficient (Wildman–Crippen LogP) is 2.03. The maximum atomic E-state index is 11.3. The molecule has 0 aromatic carbocycles. The Balaban J connectivity index is 2.86. The average molecular weight is 222 g/mol. The van der Waals surface area contributed by atoms with Crippen molar-refractivity contribution in [1.82, 2.24) is 9.38 Å². The van der Waals surface area contributed by atoms with E-state index in [0.29, 0.717) is 21.2 Å². The molecule has 2 rings (SSSR count). The van der Waals surface area contributed by atoms with Crippen LogP contribution < -0.4 is 0 Å². The van der Waals surface area contributed by atoms with Gasteiger partial charge in [0.1, 0.15) is 5.69 Å². The molecule has 0 N–H and O–H groups in total. The Morgan fingerprint density at radius 3 is 2.67 bits per heavy atom. The quantitative estimate of drug-likeness (QED) is 0.577. The van der Waals surface area contributed by atoms with Crippen LogP contribution in [0.15, 0.2) is 0 Å². The smallest absolute Gasteiger partial charge is 0.195 e. The topological polar surface area (TPSA) is 51.4 Å². The molecule has 0 aliphatic carbocycles. The van der Waals surface area contributed by atoms with E-state index in [1.807, 2.05) is 6.92 Å². The minimum absolute atomic E-state index is 0.0116. The number of thiazole rings is 1. The van der Waals surface area contributed by atoms with Crippen LogP contribution in [-0.2, 0) is 0 Å². The fourth-order valence-corrected chi connectivity index (χ4v) is 2.71. The van der Waals surface area contributed by atoms with Gasteiger partial charge in [-0.25, -0.2) is 4.98 Å². The Hall–Kier alpha value is -1.49. The Morgan fingerprint density at radius 1 is 1.47 bits per heavy atom.